The first kappa shape index (κ1) is 11.2. The van der Waals surface area contributed by atoms with Crippen LogP contribution < -0.4 is 10.2 Å². The van der Waals surface area contributed by atoms with E-state index in [0.717, 1.165) is 31.9 Å². The molecule has 0 spiro atoms. The average molecular weight is 253 g/mol. The molecule has 17 heavy (non-hydrogen) atoms. The van der Waals surface area contributed by atoms with E-state index in [4.69, 9.17) is 11.6 Å². The van der Waals surface area contributed by atoms with Crippen LogP contribution in [0.3, 0.4) is 0 Å². The van der Waals surface area contributed by atoms with E-state index in [0.29, 0.717) is 11.2 Å². The second-order valence-electron chi connectivity index (χ2n) is 4.86. The molecule has 0 aromatic carbocycles. The van der Waals surface area contributed by atoms with Gasteiger partial charge in [-0.15, -0.1) is 10.2 Å². The Morgan fingerprint density at radius 3 is 3.18 bits per heavy atom. The molecule has 5 heteroatoms. The summed E-state index contributed by atoms with van der Waals surface area (Å²) < 4.78 is 0. The first-order chi connectivity index (χ1) is 8.33. The van der Waals surface area contributed by atoms with E-state index in [2.05, 4.69) is 20.4 Å². The molecule has 4 nitrogen and oxygen atoms in total. The highest BCUT2D eigenvalue weighted by atomic mass is 35.5. The van der Waals surface area contributed by atoms with Crippen LogP contribution in [0.25, 0.3) is 0 Å². The van der Waals surface area contributed by atoms with Crippen molar-refractivity contribution in [1.82, 2.24) is 15.5 Å². The van der Waals surface area contributed by atoms with Crippen LogP contribution in [-0.4, -0.2) is 35.9 Å². The number of aryl methyl sites for hydroxylation is 1. The van der Waals surface area contributed by atoms with E-state index in [1.165, 1.54) is 24.8 Å². The molecule has 0 radical (unpaired) electrons. The predicted molar refractivity (Wildman–Crippen MR) is 68.6 cm³/mol. The van der Waals surface area contributed by atoms with Crippen LogP contribution in [0.4, 0.5) is 5.82 Å². The number of nitrogens with zero attached hydrogens (tertiary/aromatic N) is 3. The minimum Gasteiger partial charge on any atom is -0.353 e. The Labute approximate surface area is 106 Å². The van der Waals surface area contributed by atoms with Crippen molar-refractivity contribution in [3.05, 3.63) is 16.8 Å². The Balaban J connectivity index is 1.78. The molecule has 3 rings (SSSR count). The lowest BCUT2D eigenvalue weighted by Gasteiger charge is -2.31. The van der Waals surface area contributed by atoms with Gasteiger partial charge in [-0.3, -0.25) is 0 Å². The number of hydrogen-bond donors (Lipinski definition) is 1. The predicted octanol–water partition coefficient (Wildman–Crippen LogP) is 1.63. The van der Waals surface area contributed by atoms with E-state index >= 15 is 0 Å². The Bertz CT molecular complexity index is 403. The molecule has 0 bridgehead atoms. The molecule has 1 aromatic heterocycles. The molecule has 2 aliphatic heterocycles. The van der Waals surface area contributed by atoms with E-state index < -0.39 is 0 Å². The number of halogens is 1. The summed E-state index contributed by atoms with van der Waals surface area (Å²) in [6.07, 6.45) is 4.81. The van der Waals surface area contributed by atoms with Gasteiger partial charge in [0.25, 0.3) is 0 Å². The summed E-state index contributed by atoms with van der Waals surface area (Å²) in [5.41, 5.74) is 1.24. The SMILES string of the molecule is Clc1cc2c(nn1)N(C[C@@H]1CCCN1)CCC2. The lowest BCUT2D eigenvalue weighted by molar-refractivity contribution is 0.557. The second kappa shape index (κ2) is 4.78. The molecule has 3 heterocycles. The zero-order valence-electron chi connectivity index (χ0n) is 9.82. The van der Waals surface area contributed by atoms with Gasteiger partial charge in [0.2, 0.25) is 0 Å². The molecule has 0 aliphatic carbocycles. The summed E-state index contributed by atoms with van der Waals surface area (Å²) in [5, 5.41) is 12.3. The molecule has 92 valence electrons. The minimum absolute atomic E-state index is 0.504. The van der Waals surface area contributed by atoms with Crippen molar-refractivity contribution in [1.29, 1.82) is 0 Å². The molecule has 0 saturated carbocycles. The van der Waals surface area contributed by atoms with Gasteiger partial charge in [-0.25, -0.2) is 0 Å². The summed E-state index contributed by atoms with van der Waals surface area (Å²) in [5.74, 6) is 1.04. The third-order valence-electron chi connectivity index (χ3n) is 3.60. The van der Waals surface area contributed by atoms with Gasteiger partial charge in [0.15, 0.2) is 11.0 Å². The molecule has 0 amide bonds. The third-order valence-corrected chi connectivity index (χ3v) is 3.78. The molecule has 1 atom stereocenters. The molecule has 0 unspecified atom stereocenters. The lowest BCUT2D eigenvalue weighted by atomic mass is 10.1. The van der Waals surface area contributed by atoms with Crippen molar-refractivity contribution >= 4 is 17.4 Å². The smallest absolute Gasteiger partial charge is 0.154 e. The maximum absolute atomic E-state index is 5.89. The maximum atomic E-state index is 5.89. The summed E-state index contributed by atoms with van der Waals surface area (Å²) in [6, 6.07) is 2.57. The molecule has 1 aromatic rings. The van der Waals surface area contributed by atoms with Gasteiger partial charge in [0, 0.05) is 19.1 Å². The lowest BCUT2D eigenvalue weighted by Crippen LogP contribution is -2.40. The minimum atomic E-state index is 0.504. The number of rotatable bonds is 2. The van der Waals surface area contributed by atoms with Gasteiger partial charge >= 0.3 is 0 Å². The van der Waals surface area contributed by atoms with Crippen molar-refractivity contribution in [3.8, 4) is 0 Å². The van der Waals surface area contributed by atoms with Crippen LogP contribution in [0.2, 0.25) is 5.15 Å². The van der Waals surface area contributed by atoms with Crippen LogP contribution >= 0.6 is 11.6 Å². The zero-order chi connectivity index (χ0) is 11.7. The van der Waals surface area contributed by atoms with Gasteiger partial charge in [0.05, 0.1) is 0 Å². The molecule has 2 aliphatic rings. The summed E-state index contributed by atoms with van der Waals surface area (Å²) in [4.78, 5) is 2.35. The molecule has 1 N–H and O–H groups in total. The first-order valence-corrected chi connectivity index (χ1v) is 6.71. The highest BCUT2D eigenvalue weighted by Gasteiger charge is 2.23. The van der Waals surface area contributed by atoms with Crippen molar-refractivity contribution in [2.75, 3.05) is 24.5 Å². The Morgan fingerprint density at radius 1 is 1.41 bits per heavy atom. The quantitative estimate of drug-likeness (QED) is 0.869. The highest BCUT2D eigenvalue weighted by molar-refractivity contribution is 6.29. The standard InChI is InChI=1S/C12H17ClN4/c13-11-7-9-3-2-6-17(12(9)16-15-11)8-10-4-1-5-14-10/h7,10,14H,1-6,8H2/t10-/m0/s1. The number of hydrogen-bond acceptors (Lipinski definition) is 4. The summed E-state index contributed by atoms with van der Waals surface area (Å²) in [7, 11) is 0. The van der Waals surface area contributed by atoms with Crippen LogP contribution in [0.1, 0.15) is 24.8 Å². The van der Waals surface area contributed by atoms with Crippen molar-refractivity contribution in [3.63, 3.8) is 0 Å². The fourth-order valence-corrected chi connectivity index (χ4v) is 2.94. The molecular formula is C12H17ClN4. The zero-order valence-corrected chi connectivity index (χ0v) is 10.6. The average Bonchev–Trinajstić information content (AvgIpc) is 2.82. The van der Waals surface area contributed by atoms with Crippen molar-refractivity contribution < 1.29 is 0 Å². The van der Waals surface area contributed by atoms with Gasteiger partial charge in [0.1, 0.15) is 0 Å². The van der Waals surface area contributed by atoms with E-state index in [1.54, 1.807) is 0 Å². The third kappa shape index (κ3) is 2.38. The second-order valence-corrected chi connectivity index (χ2v) is 5.25. The van der Waals surface area contributed by atoms with Crippen LogP contribution in [-0.2, 0) is 6.42 Å². The Morgan fingerprint density at radius 2 is 2.35 bits per heavy atom. The normalized spacial score (nSPS) is 23.8. The largest absolute Gasteiger partial charge is 0.353 e. The van der Waals surface area contributed by atoms with Crippen molar-refractivity contribution in [2.45, 2.75) is 31.7 Å². The van der Waals surface area contributed by atoms with Gasteiger partial charge in [-0.2, -0.15) is 0 Å². The highest BCUT2D eigenvalue weighted by Crippen LogP contribution is 2.26. The van der Waals surface area contributed by atoms with Crippen LogP contribution in [0, 0.1) is 0 Å². The van der Waals surface area contributed by atoms with Crippen molar-refractivity contribution in [2.24, 2.45) is 0 Å². The first-order valence-electron chi connectivity index (χ1n) is 6.33. The van der Waals surface area contributed by atoms with E-state index in [-0.39, 0.29) is 0 Å². The summed E-state index contributed by atoms with van der Waals surface area (Å²) >= 11 is 5.89. The summed E-state index contributed by atoms with van der Waals surface area (Å²) in [6.45, 7) is 3.28. The van der Waals surface area contributed by atoms with Gasteiger partial charge in [-0.05, 0) is 43.9 Å². The fourth-order valence-electron chi connectivity index (χ4n) is 2.77. The molecular weight excluding hydrogens is 236 g/mol. The Hall–Kier alpha value is -0.870. The van der Waals surface area contributed by atoms with Crippen LogP contribution in [0.5, 0.6) is 0 Å². The molecule has 1 fully saturated rings. The maximum Gasteiger partial charge on any atom is 0.154 e. The van der Waals surface area contributed by atoms with E-state index in [9.17, 15) is 0 Å². The topological polar surface area (TPSA) is 41.1 Å². The Kier molecular flexibility index (Phi) is 3.16. The number of anilines is 1. The van der Waals surface area contributed by atoms with Gasteiger partial charge in [-0.1, -0.05) is 11.6 Å². The number of fused-ring (bicyclic) bond motifs is 1. The molecule has 1 saturated heterocycles. The van der Waals surface area contributed by atoms with Gasteiger partial charge < -0.3 is 10.2 Å². The van der Waals surface area contributed by atoms with Crippen LogP contribution in [0.15, 0.2) is 6.07 Å². The van der Waals surface area contributed by atoms with E-state index in [1.807, 2.05) is 6.07 Å². The number of aromatic nitrogens is 2. The monoisotopic (exact) mass is 252 g/mol. The fraction of sp³-hybridized carbons (Fsp3) is 0.667. The number of nitrogens with one attached hydrogen (secondary N) is 1.